The van der Waals surface area contributed by atoms with Crippen LogP contribution in [0.25, 0.3) is 0 Å². The Labute approximate surface area is 132 Å². The van der Waals surface area contributed by atoms with E-state index in [4.69, 9.17) is 4.74 Å². The van der Waals surface area contributed by atoms with Gasteiger partial charge in [0.15, 0.2) is 0 Å². The lowest BCUT2D eigenvalue weighted by Crippen LogP contribution is -2.13. The normalized spacial score (nSPS) is 10.1. The fourth-order valence-corrected chi connectivity index (χ4v) is 2.28. The summed E-state index contributed by atoms with van der Waals surface area (Å²) < 4.78 is 6.66. The molecule has 0 radical (unpaired) electrons. The third kappa shape index (κ3) is 3.96. The molecule has 2 rings (SSSR count). The Bertz CT molecular complexity index is 599. The lowest BCUT2D eigenvalue weighted by Gasteiger charge is -2.12. The molecule has 0 aliphatic heterocycles. The lowest BCUT2D eigenvalue weighted by molar-refractivity contribution is 0.102. The average Bonchev–Trinajstić information content (AvgIpc) is 2.46. The third-order valence-corrected chi connectivity index (χ3v) is 3.35. The van der Waals surface area contributed by atoms with E-state index in [1.165, 1.54) is 0 Å². The number of benzene rings is 2. The highest BCUT2D eigenvalue weighted by molar-refractivity contribution is 14.1. The van der Waals surface area contributed by atoms with E-state index in [1.54, 1.807) is 6.07 Å². The summed E-state index contributed by atoms with van der Waals surface area (Å²) in [5.74, 6) is 0.574. The van der Waals surface area contributed by atoms with Gasteiger partial charge >= 0.3 is 0 Å². The summed E-state index contributed by atoms with van der Waals surface area (Å²) in [6.07, 6.45) is 0.930. The zero-order valence-electron chi connectivity index (χ0n) is 11.2. The Morgan fingerprint density at radius 1 is 1.20 bits per heavy atom. The number of carbonyl (C=O) groups excluding carboxylic acids is 1. The van der Waals surface area contributed by atoms with E-state index < -0.39 is 0 Å². The average molecular weight is 381 g/mol. The molecular formula is C16H16INO2. The second kappa shape index (κ2) is 7.28. The number of hydrogen-bond acceptors (Lipinski definition) is 2. The molecule has 2 aromatic rings. The Morgan fingerprint density at radius 3 is 2.75 bits per heavy atom. The first-order chi connectivity index (χ1) is 9.70. The number of halogens is 1. The van der Waals surface area contributed by atoms with Crippen LogP contribution in [0, 0.1) is 3.57 Å². The first-order valence-electron chi connectivity index (χ1n) is 6.49. The first kappa shape index (κ1) is 14.8. The predicted molar refractivity (Wildman–Crippen MR) is 89.3 cm³/mol. The quantitative estimate of drug-likeness (QED) is 0.783. The van der Waals surface area contributed by atoms with Crippen molar-refractivity contribution in [1.29, 1.82) is 0 Å². The van der Waals surface area contributed by atoms with E-state index in [-0.39, 0.29) is 5.91 Å². The molecule has 0 saturated carbocycles. The number of anilines is 1. The molecule has 0 spiro atoms. The van der Waals surface area contributed by atoms with Crippen LogP contribution in [0.1, 0.15) is 23.7 Å². The van der Waals surface area contributed by atoms with Gasteiger partial charge in [-0.1, -0.05) is 25.1 Å². The molecule has 1 N–H and O–H groups in total. The molecule has 1 amide bonds. The molecule has 0 aliphatic carbocycles. The Hall–Kier alpha value is -1.56. The highest BCUT2D eigenvalue weighted by atomic mass is 127. The lowest BCUT2D eigenvalue weighted by atomic mass is 10.2. The van der Waals surface area contributed by atoms with Crippen LogP contribution in [0.2, 0.25) is 0 Å². The number of para-hydroxylation sites is 2. The highest BCUT2D eigenvalue weighted by Crippen LogP contribution is 2.24. The zero-order valence-corrected chi connectivity index (χ0v) is 13.4. The standard InChI is InChI=1S/C16H16INO2/c1-2-10-20-15-9-4-3-8-14(15)18-16(19)12-6-5-7-13(17)11-12/h3-9,11H,2,10H2,1H3,(H,18,19). The molecule has 0 aliphatic rings. The van der Waals surface area contributed by atoms with E-state index >= 15 is 0 Å². The minimum absolute atomic E-state index is 0.129. The molecule has 0 atom stereocenters. The van der Waals surface area contributed by atoms with Crippen LogP contribution >= 0.6 is 22.6 Å². The fraction of sp³-hybridized carbons (Fsp3) is 0.188. The minimum atomic E-state index is -0.129. The Kier molecular flexibility index (Phi) is 5.40. The van der Waals surface area contributed by atoms with E-state index in [9.17, 15) is 4.79 Å². The minimum Gasteiger partial charge on any atom is -0.491 e. The monoisotopic (exact) mass is 381 g/mol. The van der Waals surface area contributed by atoms with Gasteiger partial charge < -0.3 is 10.1 Å². The number of hydrogen-bond donors (Lipinski definition) is 1. The molecule has 0 fully saturated rings. The molecular weight excluding hydrogens is 365 g/mol. The van der Waals surface area contributed by atoms with Crippen LogP contribution in [0.4, 0.5) is 5.69 Å². The SMILES string of the molecule is CCCOc1ccccc1NC(=O)c1cccc(I)c1. The number of carbonyl (C=O) groups is 1. The number of ether oxygens (including phenoxy) is 1. The molecule has 104 valence electrons. The van der Waals surface area contributed by atoms with Crippen LogP contribution in [0.15, 0.2) is 48.5 Å². The maximum Gasteiger partial charge on any atom is 0.255 e. The topological polar surface area (TPSA) is 38.3 Å². The van der Waals surface area contributed by atoms with Gasteiger partial charge in [0.05, 0.1) is 12.3 Å². The molecule has 0 bridgehead atoms. The van der Waals surface area contributed by atoms with Crippen LogP contribution in [0.5, 0.6) is 5.75 Å². The number of nitrogens with one attached hydrogen (secondary N) is 1. The van der Waals surface area contributed by atoms with E-state index in [2.05, 4.69) is 27.9 Å². The van der Waals surface area contributed by atoms with Gasteiger partial charge in [0.2, 0.25) is 0 Å². The Balaban J connectivity index is 2.15. The van der Waals surface area contributed by atoms with Crippen LogP contribution < -0.4 is 10.1 Å². The molecule has 0 unspecified atom stereocenters. The zero-order chi connectivity index (χ0) is 14.4. The van der Waals surface area contributed by atoms with Gasteiger partial charge in [-0.3, -0.25) is 4.79 Å². The smallest absolute Gasteiger partial charge is 0.255 e. The molecule has 2 aromatic carbocycles. The summed E-state index contributed by atoms with van der Waals surface area (Å²) in [6, 6.07) is 15.0. The van der Waals surface area contributed by atoms with Crippen molar-refractivity contribution >= 4 is 34.2 Å². The van der Waals surface area contributed by atoms with Gasteiger partial charge in [-0.25, -0.2) is 0 Å². The van der Waals surface area contributed by atoms with Crippen LogP contribution in [0.3, 0.4) is 0 Å². The molecule has 0 aromatic heterocycles. The molecule has 20 heavy (non-hydrogen) atoms. The summed E-state index contributed by atoms with van der Waals surface area (Å²) in [6.45, 7) is 2.68. The van der Waals surface area contributed by atoms with E-state index in [0.717, 1.165) is 9.99 Å². The number of rotatable bonds is 5. The maximum absolute atomic E-state index is 12.2. The van der Waals surface area contributed by atoms with Gasteiger partial charge in [-0.15, -0.1) is 0 Å². The summed E-state index contributed by atoms with van der Waals surface area (Å²) in [5.41, 5.74) is 1.34. The largest absolute Gasteiger partial charge is 0.491 e. The second-order valence-electron chi connectivity index (χ2n) is 4.31. The summed E-state index contributed by atoms with van der Waals surface area (Å²) >= 11 is 2.19. The fourth-order valence-electron chi connectivity index (χ4n) is 1.73. The summed E-state index contributed by atoms with van der Waals surface area (Å²) in [5, 5.41) is 2.90. The number of amides is 1. The molecule has 0 heterocycles. The van der Waals surface area contributed by atoms with Gasteiger partial charge in [0.1, 0.15) is 5.75 Å². The first-order valence-corrected chi connectivity index (χ1v) is 7.57. The molecule has 0 saturated heterocycles. The third-order valence-electron chi connectivity index (χ3n) is 2.68. The van der Waals surface area contributed by atoms with Crippen molar-refractivity contribution in [2.75, 3.05) is 11.9 Å². The van der Waals surface area contributed by atoms with Gasteiger partial charge in [0, 0.05) is 9.13 Å². The highest BCUT2D eigenvalue weighted by Gasteiger charge is 2.09. The van der Waals surface area contributed by atoms with Gasteiger partial charge in [0.25, 0.3) is 5.91 Å². The van der Waals surface area contributed by atoms with Crippen molar-refractivity contribution in [3.8, 4) is 5.75 Å². The molecule has 4 heteroatoms. The van der Waals surface area contributed by atoms with Crippen molar-refractivity contribution in [1.82, 2.24) is 0 Å². The van der Waals surface area contributed by atoms with Gasteiger partial charge in [-0.2, -0.15) is 0 Å². The Morgan fingerprint density at radius 2 is 2.00 bits per heavy atom. The van der Waals surface area contributed by atoms with E-state index in [0.29, 0.717) is 23.6 Å². The molecule has 3 nitrogen and oxygen atoms in total. The van der Waals surface area contributed by atoms with Crippen molar-refractivity contribution in [3.05, 3.63) is 57.7 Å². The van der Waals surface area contributed by atoms with Gasteiger partial charge in [-0.05, 0) is 59.3 Å². The van der Waals surface area contributed by atoms with Crippen molar-refractivity contribution in [3.63, 3.8) is 0 Å². The van der Waals surface area contributed by atoms with Crippen LogP contribution in [-0.2, 0) is 0 Å². The summed E-state index contributed by atoms with van der Waals surface area (Å²) in [7, 11) is 0. The van der Waals surface area contributed by atoms with Crippen molar-refractivity contribution in [2.24, 2.45) is 0 Å². The summed E-state index contributed by atoms with van der Waals surface area (Å²) in [4.78, 5) is 12.2. The van der Waals surface area contributed by atoms with Crippen LogP contribution in [-0.4, -0.2) is 12.5 Å². The van der Waals surface area contributed by atoms with Crippen molar-refractivity contribution in [2.45, 2.75) is 13.3 Å². The second-order valence-corrected chi connectivity index (χ2v) is 5.55. The van der Waals surface area contributed by atoms with E-state index in [1.807, 2.05) is 49.4 Å². The van der Waals surface area contributed by atoms with Crippen molar-refractivity contribution < 1.29 is 9.53 Å². The predicted octanol–water partition coefficient (Wildman–Crippen LogP) is 4.33. The maximum atomic E-state index is 12.2.